The average molecular weight is 263 g/mol. The molecule has 0 unspecified atom stereocenters. The monoisotopic (exact) mass is 263 g/mol. The van der Waals surface area contributed by atoms with E-state index in [0.717, 1.165) is 31.9 Å². The molecule has 0 amide bonds. The third-order valence-corrected chi connectivity index (χ3v) is 3.17. The van der Waals surface area contributed by atoms with Gasteiger partial charge in [-0.05, 0) is 38.8 Å². The largest absolute Gasteiger partial charge is 0.371 e. The Kier molecular flexibility index (Phi) is 7.49. The van der Waals surface area contributed by atoms with Crippen molar-refractivity contribution in [1.29, 1.82) is 0 Å². The summed E-state index contributed by atoms with van der Waals surface area (Å²) in [5, 5.41) is 3.48. The first kappa shape index (κ1) is 16.0. The molecule has 0 bridgehead atoms. The van der Waals surface area contributed by atoms with Crippen LogP contribution in [0.1, 0.15) is 51.3 Å². The van der Waals surface area contributed by atoms with Gasteiger partial charge in [0.05, 0.1) is 0 Å². The highest BCUT2D eigenvalue weighted by Crippen LogP contribution is 2.21. The summed E-state index contributed by atoms with van der Waals surface area (Å²) in [5.74, 6) is 0. The van der Waals surface area contributed by atoms with Crippen LogP contribution in [0.5, 0.6) is 0 Å². The fourth-order valence-corrected chi connectivity index (χ4v) is 2.30. The van der Waals surface area contributed by atoms with Crippen LogP contribution in [0.25, 0.3) is 0 Å². The van der Waals surface area contributed by atoms with E-state index in [4.69, 9.17) is 0 Å². The molecule has 0 saturated carbocycles. The highest BCUT2D eigenvalue weighted by atomic mass is 15.1. The van der Waals surface area contributed by atoms with Gasteiger partial charge in [-0.25, -0.2) is 0 Å². The van der Waals surface area contributed by atoms with E-state index in [9.17, 15) is 0 Å². The summed E-state index contributed by atoms with van der Waals surface area (Å²) >= 11 is 0. The second-order valence-corrected chi connectivity index (χ2v) is 5.12. The van der Waals surface area contributed by atoms with Gasteiger partial charge in [0.15, 0.2) is 0 Å². The summed E-state index contributed by atoms with van der Waals surface area (Å²) in [6.45, 7) is 13.0. The molecule has 0 saturated heterocycles. The lowest BCUT2D eigenvalue weighted by Gasteiger charge is -2.26. The molecule has 19 heavy (non-hydrogen) atoms. The Bertz CT molecular complexity index is 357. The first-order valence-electron chi connectivity index (χ1n) is 7.64. The number of nitrogens with one attached hydrogen (secondary N) is 1. The zero-order valence-electron chi connectivity index (χ0n) is 13.0. The van der Waals surface area contributed by atoms with Crippen LogP contribution < -0.4 is 10.2 Å². The van der Waals surface area contributed by atoms with Gasteiger partial charge >= 0.3 is 0 Å². The quantitative estimate of drug-likeness (QED) is 0.691. The molecule has 3 heteroatoms. The van der Waals surface area contributed by atoms with Gasteiger partial charge in [-0.15, -0.1) is 0 Å². The minimum Gasteiger partial charge on any atom is -0.371 e. The number of anilines is 1. The summed E-state index contributed by atoms with van der Waals surface area (Å²) in [7, 11) is 0. The molecule has 1 rings (SSSR count). The van der Waals surface area contributed by atoms with E-state index in [0.29, 0.717) is 0 Å². The number of aryl methyl sites for hydroxylation is 1. The number of aromatic nitrogens is 1. The van der Waals surface area contributed by atoms with E-state index in [1.54, 1.807) is 0 Å². The van der Waals surface area contributed by atoms with Crippen LogP contribution in [0.15, 0.2) is 12.3 Å². The Morgan fingerprint density at radius 3 is 2.37 bits per heavy atom. The maximum atomic E-state index is 4.45. The van der Waals surface area contributed by atoms with Gasteiger partial charge in [-0.2, -0.15) is 0 Å². The molecule has 1 aromatic heterocycles. The van der Waals surface area contributed by atoms with E-state index >= 15 is 0 Å². The fraction of sp³-hybridized carbons (Fsp3) is 0.688. The minimum atomic E-state index is 0.917. The van der Waals surface area contributed by atoms with Crippen LogP contribution in [0.2, 0.25) is 0 Å². The van der Waals surface area contributed by atoms with Crippen molar-refractivity contribution >= 4 is 5.69 Å². The predicted octanol–water partition coefficient (Wildman–Crippen LogP) is 3.52. The van der Waals surface area contributed by atoms with E-state index in [1.165, 1.54) is 30.5 Å². The van der Waals surface area contributed by atoms with Crippen molar-refractivity contribution in [3.8, 4) is 0 Å². The first-order valence-corrected chi connectivity index (χ1v) is 7.64. The summed E-state index contributed by atoms with van der Waals surface area (Å²) in [6.07, 6.45) is 5.57. The van der Waals surface area contributed by atoms with Crippen molar-refractivity contribution in [2.75, 3.05) is 24.5 Å². The lowest BCUT2D eigenvalue weighted by molar-refractivity contribution is 0.666. The van der Waals surface area contributed by atoms with Crippen molar-refractivity contribution in [3.63, 3.8) is 0 Å². The van der Waals surface area contributed by atoms with Gasteiger partial charge in [0, 0.05) is 42.8 Å². The SMILES string of the molecule is CCCNCc1cnc(C)cc1N(CCC)CCC. The van der Waals surface area contributed by atoms with Crippen LogP contribution >= 0.6 is 0 Å². The van der Waals surface area contributed by atoms with Gasteiger partial charge < -0.3 is 10.2 Å². The van der Waals surface area contributed by atoms with Crippen molar-refractivity contribution in [2.45, 2.75) is 53.5 Å². The highest BCUT2D eigenvalue weighted by molar-refractivity contribution is 5.53. The molecule has 1 N–H and O–H groups in total. The van der Waals surface area contributed by atoms with E-state index in [-0.39, 0.29) is 0 Å². The molecule has 0 fully saturated rings. The topological polar surface area (TPSA) is 28.2 Å². The molecule has 1 aromatic rings. The van der Waals surface area contributed by atoms with Crippen LogP contribution in [-0.4, -0.2) is 24.6 Å². The number of pyridine rings is 1. The molecule has 0 radical (unpaired) electrons. The fourth-order valence-electron chi connectivity index (χ4n) is 2.30. The second kappa shape index (κ2) is 8.92. The van der Waals surface area contributed by atoms with Crippen molar-refractivity contribution in [3.05, 3.63) is 23.5 Å². The first-order chi connectivity index (χ1) is 9.22. The number of nitrogens with zero attached hydrogens (tertiary/aromatic N) is 2. The van der Waals surface area contributed by atoms with Gasteiger partial charge in [-0.3, -0.25) is 4.98 Å². The van der Waals surface area contributed by atoms with E-state index < -0.39 is 0 Å². The molecule has 0 aliphatic heterocycles. The normalized spacial score (nSPS) is 10.7. The standard InChI is InChI=1S/C16H29N3/c1-5-8-17-12-15-13-18-14(4)11-16(15)19(9-6-2)10-7-3/h11,13,17H,5-10,12H2,1-4H3. The lowest BCUT2D eigenvalue weighted by atomic mass is 10.1. The van der Waals surface area contributed by atoms with Gasteiger partial charge in [0.25, 0.3) is 0 Å². The maximum absolute atomic E-state index is 4.45. The molecule has 108 valence electrons. The molecule has 0 aromatic carbocycles. The summed E-state index contributed by atoms with van der Waals surface area (Å²) in [4.78, 5) is 6.95. The number of hydrogen-bond acceptors (Lipinski definition) is 3. The Morgan fingerprint density at radius 1 is 1.11 bits per heavy atom. The van der Waals surface area contributed by atoms with Gasteiger partial charge in [0.1, 0.15) is 0 Å². The summed E-state index contributed by atoms with van der Waals surface area (Å²) in [5.41, 5.74) is 3.78. The zero-order valence-corrected chi connectivity index (χ0v) is 13.0. The van der Waals surface area contributed by atoms with Crippen molar-refractivity contribution in [2.24, 2.45) is 0 Å². The van der Waals surface area contributed by atoms with E-state index in [2.05, 4.69) is 49.0 Å². The molecule has 0 aliphatic carbocycles. The van der Waals surface area contributed by atoms with Gasteiger partial charge in [-0.1, -0.05) is 20.8 Å². The Balaban J connectivity index is 2.89. The highest BCUT2D eigenvalue weighted by Gasteiger charge is 2.10. The van der Waals surface area contributed by atoms with Crippen LogP contribution in [0.3, 0.4) is 0 Å². The van der Waals surface area contributed by atoms with Crippen LogP contribution in [0, 0.1) is 6.92 Å². The average Bonchev–Trinajstić information content (AvgIpc) is 2.40. The Morgan fingerprint density at radius 2 is 1.79 bits per heavy atom. The zero-order chi connectivity index (χ0) is 14.1. The predicted molar refractivity (Wildman–Crippen MR) is 83.8 cm³/mol. The van der Waals surface area contributed by atoms with Crippen LogP contribution in [-0.2, 0) is 6.54 Å². The molecule has 1 heterocycles. The summed E-state index contributed by atoms with van der Waals surface area (Å²) < 4.78 is 0. The maximum Gasteiger partial charge on any atom is 0.0445 e. The molecular weight excluding hydrogens is 234 g/mol. The Labute approximate surface area is 118 Å². The number of rotatable bonds is 9. The molecular formula is C16H29N3. The molecule has 3 nitrogen and oxygen atoms in total. The third kappa shape index (κ3) is 5.19. The molecule has 0 spiro atoms. The molecule has 0 atom stereocenters. The smallest absolute Gasteiger partial charge is 0.0445 e. The minimum absolute atomic E-state index is 0.917. The van der Waals surface area contributed by atoms with E-state index in [1.807, 2.05) is 6.20 Å². The summed E-state index contributed by atoms with van der Waals surface area (Å²) in [6, 6.07) is 2.23. The third-order valence-electron chi connectivity index (χ3n) is 3.17. The van der Waals surface area contributed by atoms with Crippen molar-refractivity contribution < 1.29 is 0 Å². The second-order valence-electron chi connectivity index (χ2n) is 5.12. The van der Waals surface area contributed by atoms with Crippen LogP contribution in [0.4, 0.5) is 5.69 Å². The number of hydrogen-bond donors (Lipinski definition) is 1. The van der Waals surface area contributed by atoms with Gasteiger partial charge in [0.2, 0.25) is 0 Å². The Hall–Kier alpha value is -1.09. The molecule has 0 aliphatic rings. The lowest BCUT2D eigenvalue weighted by Crippen LogP contribution is -2.27. The van der Waals surface area contributed by atoms with Crippen molar-refractivity contribution in [1.82, 2.24) is 10.3 Å².